The van der Waals surface area contributed by atoms with Gasteiger partial charge in [0.05, 0.1) is 26.9 Å². The Bertz CT molecular complexity index is 1190. The van der Waals surface area contributed by atoms with Crippen LogP contribution < -0.4 is 15.1 Å². The van der Waals surface area contributed by atoms with Crippen LogP contribution in [0, 0.1) is 0 Å². The minimum Gasteiger partial charge on any atom is -0.497 e. The third-order valence-electron chi connectivity index (χ3n) is 5.90. The maximum absolute atomic E-state index is 12.6. The molecule has 0 N–H and O–H groups in total. The number of anilines is 1. The maximum Gasteiger partial charge on any atom is 0.200 e. The average molecular weight is 452 g/mol. The highest BCUT2D eigenvalue weighted by atomic mass is 32.2. The van der Waals surface area contributed by atoms with Crippen molar-refractivity contribution in [3.63, 3.8) is 0 Å². The van der Waals surface area contributed by atoms with E-state index < -0.39 is 0 Å². The summed E-state index contributed by atoms with van der Waals surface area (Å²) in [6.07, 6.45) is 0. The van der Waals surface area contributed by atoms with Crippen LogP contribution in [-0.2, 0) is 9.47 Å². The van der Waals surface area contributed by atoms with Crippen LogP contribution in [0.25, 0.3) is 11.3 Å². The molecule has 7 heteroatoms. The molecule has 0 spiro atoms. The summed E-state index contributed by atoms with van der Waals surface area (Å²) in [5.41, 5.74) is 3.20. The molecule has 0 radical (unpaired) electrons. The molecule has 0 amide bonds. The Morgan fingerprint density at radius 1 is 1.06 bits per heavy atom. The van der Waals surface area contributed by atoms with Crippen molar-refractivity contribution in [1.29, 1.82) is 0 Å². The monoisotopic (exact) mass is 451 g/mol. The summed E-state index contributed by atoms with van der Waals surface area (Å²) >= 11 is 1.69. The molecule has 0 bridgehead atoms. The van der Waals surface area contributed by atoms with Gasteiger partial charge in [0, 0.05) is 53.6 Å². The molecule has 166 valence electrons. The van der Waals surface area contributed by atoms with Gasteiger partial charge in [-0.2, -0.15) is 0 Å². The van der Waals surface area contributed by atoms with Gasteiger partial charge >= 0.3 is 0 Å². The van der Waals surface area contributed by atoms with Crippen molar-refractivity contribution in [2.75, 3.05) is 52.0 Å². The van der Waals surface area contributed by atoms with E-state index >= 15 is 0 Å². The Balaban J connectivity index is 1.61. The predicted molar refractivity (Wildman–Crippen MR) is 124 cm³/mol. The Morgan fingerprint density at radius 2 is 1.91 bits per heavy atom. The number of methoxy groups -OCH3 is 2. The molecule has 1 saturated heterocycles. The Hall–Kier alpha value is -2.74. The van der Waals surface area contributed by atoms with Gasteiger partial charge in [0.25, 0.3) is 0 Å². The van der Waals surface area contributed by atoms with Crippen molar-refractivity contribution in [1.82, 2.24) is 0 Å². The molecule has 1 atom stereocenters. The van der Waals surface area contributed by atoms with E-state index in [2.05, 4.69) is 23.1 Å². The number of hydrogen-bond donors (Lipinski definition) is 0. The van der Waals surface area contributed by atoms with Crippen LogP contribution in [0.4, 0.5) is 5.88 Å². The van der Waals surface area contributed by atoms with Crippen molar-refractivity contribution in [2.24, 2.45) is 0 Å². The molecule has 0 aliphatic carbocycles. The minimum atomic E-state index is -0.0651. The van der Waals surface area contributed by atoms with E-state index in [1.165, 1.54) is 5.56 Å². The third-order valence-corrected chi connectivity index (χ3v) is 7.15. The standard InChI is InChI=1S/C25H25NO5S/c1-28-15-21-18-4-3-5-19(25(18)32-23-7-6-17(29-2)14-20(21)23)22-12-16(27)13-24(31-22)26-8-10-30-11-9-26/h3-7,12-14,21H,8-11,15H2,1-2H3/t21-/m0/s1. The summed E-state index contributed by atoms with van der Waals surface area (Å²) < 4.78 is 22.8. The molecule has 3 heterocycles. The minimum absolute atomic E-state index is 0.0651. The summed E-state index contributed by atoms with van der Waals surface area (Å²) in [6.45, 7) is 3.22. The summed E-state index contributed by atoms with van der Waals surface area (Å²) in [7, 11) is 3.40. The lowest BCUT2D eigenvalue weighted by Crippen LogP contribution is -2.36. The third kappa shape index (κ3) is 3.92. The highest BCUT2D eigenvalue weighted by Gasteiger charge is 2.29. The molecule has 2 aromatic carbocycles. The van der Waals surface area contributed by atoms with E-state index in [-0.39, 0.29) is 11.3 Å². The fraction of sp³-hybridized carbons (Fsp3) is 0.320. The summed E-state index contributed by atoms with van der Waals surface area (Å²) in [6, 6.07) is 15.4. The Kier molecular flexibility index (Phi) is 5.95. The van der Waals surface area contributed by atoms with Crippen LogP contribution in [0.15, 0.2) is 67.5 Å². The summed E-state index contributed by atoms with van der Waals surface area (Å²) in [5.74, 6) is 2.06. The van der Waals surface area contributed by atoms with Gasteiger partial charge in [0.1, 0.15) is 11.5 Å². The second-order valence-electron chi connectivity index (χ2n) is 7.83. The number of fused-ring (bicyclic) bond motifs is 2. The van der Waals surface area contributed by atoms with Crippen molar-refractivity contribution in [3.8, 4) is 17.1 Å². The van der Waals surface area contributed by atoms with Crippen molar-refractivity contribution >= 4 is 17.6 Å². The van der Waals surface area contributed by atoms with Gasteiger partial charge in [-0.1, -0.05) is 30.0 Å². The first-order valence-electron chi connectivity index (χ1n) is 10.6. The Morgan fingerprint density at radius 3 is 2.69 bits per heavy atom. The largest absolute Gasteiger partial charge is 0.497 e. The molecule has 5 rings (SSSR count). The van der Waals surface area contributed by atoms with Crippen LogP contribution in [0.3, 0.4) is 0 Å². The zero-order chi connectivity index (χ0) is 22.1. The lowest BCUT2D eigenvalue weighted by atomic mass is 9.89. The fourth-order valence-corrected chi connectivity index (χ4v) is 5.60. The molecular formula is C25H25NO5S. The second kappa shape index (κ2) is 9.02. The first-order valence-corrected chi connectivity index (χ1v) is 11.5. The van der Waals surface area contributed by atoms with Crippen LogP contribution in [0.5, 0.6) is 5.75 Å². The molecular weight excluding hydrogens is 426 g/mol. The quantitative estimate of drug-likeness (QED) is 0.570. The molecule has 2 aliphatic heterocycles. The van der Waals surface area contributed by atoms with Gasteiger partial charge in [-0.25, -0.2) is 0 Å². The van der Waals surface area contributed by atoms with E-state index in [1.54, 1.807) is 38.1 Å². The zero-order valence-corrected chi connectivity index (χ0v) is 18.9. The van der Waals surface area contributed by atoms with Gasteiger partial charge in [0.15, 0.2) is 11.3 Å². The molecule has 1 aromatic heterocycles. The van der Waals surface area contributed by atoms with Gasteiger partial charge in [0.2, 0.25) is 0 Å². The Labute approximate surface area is 191 Å². The smallest absolute Gasteiger partial charge is 0.200 e. The normalized spacial score (nSPS) is 17.6. The van der Waals surface area contributed by atoms with Crippen molar-refractivity contribution in [2.45, 2.75) is 15.7 Å². The lowest BCUT2D eigenvalue weighted by molar-refractivity contribution is 0.120. The molecule has 1 fully saturated rings. The van der Waals surface area contributed by atoms with E-state index in [0.717, 1.165) is 26.7 Å². The molecule has 0 unspecified atom stereocenters. The van der Waals surface area contributed by atoms with Gasteiger partial charge in [-0.3, -0.25) is 4.79 Å². The number of benzene rings is 2. The molecule has 6 nitrogen and oxygen atoms in total. The number of ether oxygens (including phenoxy) is 3. The van der Waals surface area contributed by atoms with Crippen LogP contribution in [0.2, 0.25) is 0 Å². The lowest BCUT2D eigenvalue weighted by Gasteiger charge is -2.30. The van der Waals surface area contributed by atoms with Crippen LogP contribution in [0.1, 0.15) is 17.0 Å². The average Bonchev–Trinajstić information content (AvgIpc) is 2.83. The van der Waals surface area contributed by atoms with E-state index in [4.69, 9.17) is 18.6 Å². The first kappa shape index (κ1) is 21.1. The number of hydrogen-bond acceptors (Lipinski definition) is 7. The number of morpholine rings is 1. The van der Waals surface area contributed by atoms with Crippen molar-refractivity contribution in [3.05, 3.63) is 69.9 Å². The maximum atomic E-state index is 12.6. The van der Waals surface area contributed by atoms with Gasteiger partial charge in [-0.05, 0) is 29.3 Å². The highest BCUT2D eigenvalue weighted by Crippen LogP contribution is 2.50. The fourth-order valence-electron chi connectivity index (χ4n) is 4.32. The second-order valence-corrected chi connectivity index (χ2v) is 8.88. The van der Waals surface area contributed by atoms with Gasteiger partial charge in [-0.15, -0.1) is 0 Å². The summed E-state index contributed by atoms with van der Waals surface area (Å²) in [5, 5.41) is 0. The van der Waals surface area contributed by atoms with E-state index in [1.807, 2.05) is 18.2 Å². The van der Waals surface area contributed by atoms with Crippen LogP contribution >= 0.6 is 11.8 Å². The topological polar surface area (TPSA) is 61.1 Å². The van der Waals surface area contributed by atoms with E-state index in [9.17, 15) is 4.79 Å². The number of rotatable bonds is 5. The highest BCUT2D eigenvalue weighted by molar-refractivity contribution is 7.99. The zero-order valence-electron chi connectivity index (χ0n) is 18.1. The SMILES string of the molecule is COC[C@@H]1c2cc(OC)ccc2Sc2c(-c3cc(=O)cc(N4CCOCC4)o3)cccc21. The predicted octanol–water partition coefficient (Wildman–Crippen LogP) is 4.39. The first-order chi connectivity index (χ1) is 15.7. The molecule has 0 saturated carbocycles. The summed E-state index contributed by atoms with van der Waals surface area (Å²) in [4.78, 5) is 16.9. The molecule has 2 aliphatic rings. The van der Waals surface area contributed by atoms with E-state index in [0.29, 0.717) is 44.6 Å². The molecule has 32 heavy (non-hydrogen) atoms. The van der Waals surface area contributed by atoms with Gasteiger partial charge < -0.3 is 23.5 Å². The van der Waals surface area contributed by atoms with Crippen molar-refractivity contribution < 1.29 is 18.6 Å². The molecule has 3 aromatic rings. The van der Waals surface area contributed by atoms with Crippen LogP contribution in [-0.4, -0.2) is 47.1 Å². The number of nitrogens with zero attached hydrogens (tertiary/aromatic N) is 1.